The second-order valence-corrected chi connectivity index (χ2v) is 6.98. The number of hydrogen-bond acceptors (Lipinski definition) is 3. The van der Waals surface area contributed by atoms with Gasteiger partial charge >= 0.3 is 0 Å². The Balaban J connectivity index is 1.73. The molecule has 0 aromatic heterocycles. The Hall–Kier alpha value is -0.120. The van der Waals surface area contributed by atoms with Crippen LogP contribution in [0.3, 0.4) is 0 Å². The second-order valence-electron chi connectivity index (χ2n) is 6.98. The van der Waals surface area contributed by atoms with E-state index in [-0.39, 0.29) is 12.1 Å². The van der Waals surface area contributed by atoms with Gasteiger partial charge in [0.25, 0.3) is 0 Å². The molecule has 0 aliphatic carbocycles. The van der Waals surface area contributed by atoms with Crippen LogP contribution in [-0.2, 0) is 0 Å². The molecule has 2 saturated heterocycles. The Morgan fingerprint density at radius 3 is 2.44 bits per heavy atom. The smallest absolute Gasteiger partial charge is 0.0610 e. The highest BCUT2D eigenvalue weighted by Gasteiger charge is 2.35. The fourth-order valence-electron chi connectivity index (χ4n) is 3.64. The fourth-order valence-corrected chi connectivity index (χ4v) is 3.64. The first-order chi connectivity index (χ1) is 8.52. The maximum absolute atomic E-state index is 9.38. The number of rotatable bonds is 4. The molecule has 2 rings (SSSR count). The van der Waals surface area contributed by atoms with Crippen LogP contribution < -0.4 is 5.32 Å². The zero-order valence-electron chi connectivity index (χ0n) is 12.3. The van der Waals surface area contributed by atoms with Gasteiger partial charge in [0.05, 0.1) is 6.61 Å². The van der Waals surface area contributed by atoms with Crippen molar-refractivity contribution >= 4 is 0 Å². The molecule has 2 aliphatic rings. The molecule has 2 atom stereocenters. The van der Waals surface area contributed by atoms with Crippen LogP contribution in [-0.4, -0.2) is 47.8 Å². The molecule has 0 saturated carbocycles. The molecule has 2 N–H and O–H groups in total. The van der Waals surface area contributed by atoms with Gasteiger partial charge in [-0.3, -0.25) is 0 Å². The fraction of sp³-hybridized carbons (Fsp3) is 1.00. The highest BCUT2D eigenvalue weighted by atomic mass is 16.3. The van der Waals surface area contributed by atoms with Gasteiger partial charge in [0.15, 0.2) is 0 Å². The van der Waals surface area contributed by atoms with Gasteiger partial charge < -0.3 is 15.3 Å². The van der Waals surface area contributed by atoms with E-state index in [4.69, 9.17) is 0 Å². The summed E-state index contributed by atoms with van der Waals surface area (Å²) in [5.41, 5.74) is -0.0106. The molecule has 2 aliphatic heterocycles. The first kappa shape index (κ1) is 14.3. The number of aliphatic hydroxyl groups excluding tert-OH is 1. The Bertz CT molecular complexity index is 261. The molecule has 2 fully saturated rings. The van der Waals surface area contributed by atoms with Crippen LogP contribution in [0.1, 0.15) is 46.5 Å². The van der Waals surface area contributed by atoms with E-state index >= 15 is 0 Å². The minimum absolute atomic E-state index is 0.0106. The molecule has 0 radical (unpaired) electrons. The molecule has 0 aromatic rings. The summed E-state index contributed by atoms with van der Waals surface area (Å²) in [6.07, 6.45) is 5.23. The standard InChI is InChI=1S/C15H30N2O/c1-12(2)17-6-4-13(5-7-17)8-14-9-15(3,11-18)16-10-14/h12-14,16,18H,4-11H2,1-3H3. The van der Waals surface area contributed by atoms with Crippen molar-refractivity contribution in [2.24, 2.45) is 11.8 Å². The predicted octanol–water partition coefficient (Wildman–Crippen LogP) is 1.86. The van der Waals surface area contributed by atoms with Crippen LogP contribution >= 0.6 is 0 Å². The Morgan fingerprint density at radius 2 is 1.94 bits per heavy atom. The average Bonchev–Trinajstić information content (AvgIpc) is 2.72. The summed E-state index contributed by atoms with van der Waals surface area (Å²) < 4.78 is 0. The van der Waals surface area contributed by atoms with Gasteiger partial charge in [0.1, 0.15) is 0 Å². The lowest BCUT2D eigenvalue weighted by Gasteiger charge is -2.35. The average molecular weight is 254 g/mol. The second kappa shape index (κ2) is 5.89. The van der Waals surface area contributed by atoms with Crippen molar-refractivity contribution in [3.8, 4) is 0 Å². The van der Waals surface area contributed by atoms with Crippen LogP contribution in [0.15, 0.2) is 0 Å². The zero-order valence-corrected chi connectivity index (χ0v) is 12.3. The minimum Gasteiger partial charge on any atom is -0.394 e. The molecule has 2 heterocycles. The van der Waals surface area contributed by atoms with Gasteiger partial charge in [-0.2, -0.15) is 0 Å². The molecule has 0 spiro atoms. The molecule has 18 heavy (non-hydrogen) atoms. The quantitative estimate of drug-likeness (QED) is 0.804. The summed E-state index contributed by atoms with van der Waals surface area (Å²) in [5.74, 6) is 1.69. The summed E-state index contributed by atoms with van der Waals surface area (Å²) in [7, 11) is 0. The summed E-state index contributed by atoms with van der Waals surface area (Å²) >= 11 is 0. The topological polar surface area (TPSA) is 35.5 Å². The van der Waals surface area contributed by atoms with E-state index in [1.54, 1.807) is 0 Å². The van der Waals surface area contributed by atoms with Gasteiger partial charge in [-0.15, -0.1) is 0 Å². The molecular weight excluding hydrogens is 224 g/mol. The van der Waals surface area contributed by atoms with Crippen LogP contribution in [0.25, 0.3) is 0 Å². The summed E-state index contributed by atoms with van der Waals surface area (Å²) in [4.78, 5) is 2.60. The first-order valence-corrected chi connectivity index (χ1v) is 7.62. The van der Waals surface area contributed by atoms with Crippen LogP contribution in [0.5, 0.6) is 0 Å². The molecular formula is C15H30N2O. The highest BCUT2D eigenvalue weighted by molar-refractivity contribution is 4.93. The third-order valence-electron chi connectivity index (χ3n) is 4.95. The summed E-state index contributed by atoms with van der Waals surface area (Å²) in [6, 6.07) is 0.705. The number of aliphatic hydroxyl groups is 1. The van der Waals surface area contributed by atoms with E-state index in [0.29, 0.717) is 6.04 Å². The molecule has 0 amide bonds. The molecule has 0 bridgehead atoms. The van der Waals surface area contributed by atoms with Gasteiger partial charge in [-0.05, 0) is 77.9 Å². The molecule has 3 heteroatoms. The lowest BCUT2D eigenvalue weighted by atomic mass is 9.84. The molecule has 0 aromatic carbocycles. The zero-order chi connectivity index (χ0) is 13.2. The van der Waals surface area contributed by atoms with Gasteiger partial charge in [-0.1, -0.05) is 0 Å². The number of piperidine rings is 1. The van der Waals surface area contributed by atoms with Crippen molar-refractivity contribution in [2.45, 2.75) is 58.0 Å². The van der Waals surface area contributed by atoms with E-state index in [9.17, 15) is 5.11 Å². The van der Waals surface area contributed by atoms with E-state index in [2.05, 4.69) is 31.0 Å². The summed E-state index contributed by atoms with van der Waals surface area (Å²) in [6.45, 7) is 10.7. The number of nitrogens with zero attached hydrogens (tertiary/aromatic N) is 1. The van der Waals surface area contributed by atoms with Crippen molar-refractivity contribution in [2.75, 3.05) is 26.2 Å². The van der Waals surface area contributed by atoms with Crippen LogP contribution in [0, 0.1) is 11.8 Å². The Kier molecular flexibility index (Phi) is 4.68. The van der Waals surface area contributed by atoms with Crippen molar-refractivity contribution in [3.63, 3.8) is 0 Å². The molecule has 3 nitrogen and oxygen atoms in total. The van der Waals surface area contributed by atoms with E-state index in [1.165, 1.54) is 32.4 Å². The van der Waals surface area contributed by atoms with Crippen LogP contribution in [0.4, 0.5) is 0 Å². The van der Waals surface area contributed by atoms with Gasteiger partial charge in [0, 0.05) is 11.6 Å². The lowest BCUT2D eigenvalue weighted by molar-refractivity contribution is 0.136. The number of likely N-dealkylation sites (tertiary alicyclic amines) is 1. The number of nitrogens with one attached hydrogen (secondary N) is 1. The largest absolute Gasteiger partial charge is 0.394 e. The predicted molar refractivity (Wildman–Crippen MR) is 75.7 cm³/mol. The van der Waals surface area contributed by atoms with Crippen molar-refractivity contribution in [3.05, 3.63) is 0 Å². The monoisotopic (exact) mass is 254 g/mol. The Labute approximate surface area is 112 Å². The van der Waals surface area contributed by atoms with Crippen molar-refractivity contribution in [1.29, 1.82) is 0 Å². The maximum Gasteiger partial charge on any atom is 0.0610 e. The van der Waals surface area contributed by atoms with Crippen molar-refractivity contribution in [1.82, 2.24) is 10.2 Å². The van der Waals surface area contributed by atoms with Gasteiger partial charge in [-0.25, -0.2) is 0 Å². The van der Waals surface area contributed by atoms with E-state index < -0.39 is 0 Å². The molecule has 106 valence electrons. The van der Waals surface area contributed by atoms with Crippen LogP contribution in [0.2, 0.25) is 0 Å². The Morgan fingerprint density at radius 1 is 1.28 bits per heavy atom. The third kappa shape index (κ3) is 3.46. The SMILES string of the molecule is CC(C)N1CCC(CC2CNC(C)(CO)C2)CC1. The highest BCUT2D eigenvalue weighted by Crippen LogP contribution is 2.32. The third-order valence-corrected chi connectivity index (χ3v) is 4.95. The number of hydrogen-bond donors (Lipinski definition) is 2. The summed E-state index contributed by atoms with van der Waals surface area (Å²) in [5, 5.41) is 12.9. The molecule has 2 unspecified atom stereocenters. The van der Waals surface area contributed by atoms with E-state index in [1.807, 2.05) is 0 Å². The normalized spacial score (nSPS) is 35.5. The minimum atomic E-state index is -0.0106. The van der Waals surface area contributed by atoms with Gasteiger partial charge in [0.2, 0.25) is 0 Å². The van der Waals surface area contributed by atoms with E-state index in [0.717, 1.165) is 24.8 Å². The lowest BCUT2D eigenvalue weighted by Crippen LogP contribution is -2.39. The maximum atomic E-state index is 9.38. The van der Waals surface area contributed by atoms with Crippen molar-refractivity contribution < 1.29 is 5.11 Å². The first-order valence-electron chi connectivity index (χ1n) is 7.62.